The van der Waals surface area contributed by atoms with E-state index in [4.69, 9.17) is 0 Å². The maximum atomic E-state index is 10.6. The lowest BCUT2D eigenvalue weighted by Crippen LogP contribution is -1.77. The monoisotopic (exact) mass is 192 g/mol. The van der Waals surface area contributed by atoms with Gasteiger partial charge in [-0.1, -0.05) is 29.5 Å². The standard InChI is InChI=1S/C11H12OS/c1-9-3-5-11(6-4-9)13-8-7-10(2)12/h3-8H,1-2H3/b8-7+. The van der Waals surface area contributed by atoms with Gasteiger partial charge < -0.3 is 0 Å². The van der Waals surface area contributed by atoms with Gasteiger partial charge in [0.1, 0.15) is 0 Å². The normalized spacial score (nSPS) is 10.6. The Morgan fingerprint density at radius 3 is 2.46 bits per heavy atom. The van der Waals surface area contributed by atoms with Gasteiger partial charge in [0, 0.05) is 4.90 Å². The molecule has 2 heteroatoms. The van der Waals surface area contributed by atoms with E-state index in [0.717, 1.165) is 4.90 Å². The molecule has 0 spiro atoms. The summed E-state index contributed by atoms with van der Waals surface area (Å²) in [5.41, 5.74) is 1.25. The molecule has 1 aromatic carbocycles. The largest absolute Gasteiger partial charge is 0.295 e. The molecular formula is C11H12OS. The van der Waals surface area contributed by atoms with Crippen molar-refractivity contribution < 1.29 is 4.79 Å². The first kappa shape index (κ1) is 10.1. The molecule has 0 atom stereocenters. The van der Waals surface area contributed by atoms with Crippen molar-refractivity contribution in [3.63, 3.8) is 0 Å². The summed E-state index contributed by atoms with van der Waals surface area (Å²) in [6, 6.07) is 8.21. The van der Waals surface area contributed by atoms with Crippen molar-refractivity contribution in [2.75, 3.05) is 0 Å². The second kappa shape index (κ2) is 4.87. The molecular weight excluding hydrogens is 180 g/mol. The van der Waals surface area contributed by atoms with E-state index in [9.17, 15) is 4.79 Å². The Kier molecular flexibility index (Phi) is 3.77. The van der Waals surface area contributed by atoms with Crippen molar-refractivity contribution in [2.24, 2.45) is 0 Å². The van der Waals surface area contributed by atoms with Crippen LogP contribution in [0.5, 0.6) is 0 Å². The number of rotatable bonds is 3. The molecule has 68 valence electrons. The summed E-state index contributed by atoms with van der Waals surface area (Å²) in [4.78, 5) is 11.7. The Morgan fingerprint density at radius 2 is 1.92 bits per heavy atom. The quantitative estimate of drug-likeness (QED) is 0.540. The van der Waals surface area contributed by atoms with Crippen molar-refractivity contribution in [1.29, 1.82) is 0 Å². The fraction of sp³-hybridized carbons (Fsp3) is 0.182. The maximum Gasteiger partial charge on any atom is 0.153 e. The molecule has 13 heavy (non-hydrogen) atoms. The summed E-state index contributed by atoms with van der Waals surface area (Å²) >= 11 is 1.56. The molecule has 0 unspecified atom stereocenters. The summed E-state index contributed by atoms with van der Waals surface area (Å²) in [5.74, 6) is 0.0830. The predicted octanol–water partition coefficient (Wildman–Crippen LogP) is 3.19. The highest BCUT2D eigenvalue weighted by Crippen LogP contribution is 2.18. The molecule has 1 rings (SSSR count). The van der Waals surface area contributed by atoms with Crippen LogP contribution >= 0.6 is 11.8 Å². The van der Waals surface area contributed by atoms with Crippen LogP contribution in [0.25, 0.3) is 0 Å². The third kappa shape index (κ3) is 3.95. The van der Waals surface area contributed by atoms with E-state index in [-0.39, 0.29) is 5.78 Å². The molecule has 0 saturated heterocycles. The van der Waals surface area contributed by atoms with Gasteiger partial charge in [-0.25, -0.2) is 0 Å². The van der Waals surface area contributed by atoms with Crippen LogP contribution in [0, 0.1) is 6.92 Å². The van der Waals surface area contributed by atoms with Gasteiger partial charge in [0.2, 0.25) is 0 Å². The molecule has 1 nitrogen and oxygen atoms in total. The van der Waals surface area contributed by atoms with Crippen molar-refractivity contribution >= 4 is 17.5 Å². The summed E-state index contributed by atoms with van der Waals surface area (Å²) in [5, 5.41) is 1.81. The second-order valence-corrected chi connectivity index (χ2v) is 3.82. The average molecular weight is 192 g/mol. The molecule has 0 amide bonds. The van der Waals surface area contributed by atoms with Gasteiger partial charge in [-0.3, -0.25) is 4.79 Å². The zero-order chi connectivity index (χ0) is 9.68. The molecule has 0 aromatic heterocycles. The second-order valence-electron chi connectivity index (χ2n) is 2.84. The molecule has 0 saturated carbocycles. The summed E-state index contributed by atoms with van der Waals surface area (Å²) in [6.07, 6.45) is 1.57. The van der Waals surface area contributed by atoms with E-state index < -0.39 is 0 Å². The number of carbonyl (C=O) groups excluding carboxylic acids is 1. The SMILES string of the molecule is CC(=O)/C=C/Sc1ccc(C)cc1. The number of allylic oxidation sites excluding steroid dienone is 1. The minimum absolute atomic E-state index is 0.0830. The van der Waals surface area contributed by atoms with Crippen LogP contribution < -0.4 is 0 Å². The highest BCUT2D eigenvalue weighted by atomic mass is 32.2. The smallest absolute Gasteiger partial charge is 0.153 e. The Bertz CT molecular complexity index is 311. The van der Waals surface area contributed by atoms with Crippen LogP contribution in [-0.2, 0) is 4.79 Å². The molecule has 0 N–H and O–H groups in total. The van der Waals surface area contributed by atoms with Crippen LogP contribution in [0.15, 0.2) is 40.6 Å². The highest BCUT2D eigenvalue weighted by Gasteiger charge is 1.89. The van der Waals surface area contributed by atoms with Crippen molar-refractivity contribution in [3.05, 3.63) is 41.3 Å². The average Bonchev–Trinajstić information content (AvgIpc) is 2.08. The summed E-state index contributed by atoms with van der Waals surface area (Å²) in [6.45, 7) is 3.60. The number of thioether (sulfide) groups is 1. The zero-order valence-corrected chi connectivity index (χ0v) is 8.60. The molecule has 0 heterocycles. The van der Waals surface area contributed by atoms with E-state index >= 15 is 0 Å². The molecule has 1 aromatic rings. The lowest BCUT2D eigenvalue weighted by Gasteiger charge is -1.95. The predicted molar refractivity (Wildman–Crippen MR) is 56.9 cm³/mol. The number of carbonyl (C=O) groups is 1. The third-order valence-corrected chi connectivity index (χ3v) is 2.34. The number of benzene rings is 1. The fourth-order valence-corrected chi connectivity index (χ4v) is 1.54. The van der Waals surface area contributed by atoms with Gasteiger partial charge in [-0.15, -0.1) is 0 Å². The Balaban J connectivity index is 2.55. The molecule has 0 fully saturated rings. The molecule has 0 radical (unpaired) electrons. The molecule has 0 aliphatic rings. The van der Waals surface area contributed by atoms with Gasteiger partial charge in [-0.05, 0) is 37.5 Å². The number of hydrogen-bond acceptors (Lipinski definition) is 2. The van der Waals surface area contributed by atoms with Gasteiger partial charge in [0.05, 0.1) is 0 Å². The highest BCUT2D eigenvalue weighted by molar-refractivity contribution is 8.02. The number of ketones is 1. The third-order valence-electron chi connectivity index (χ3n) is 1.53. The van der Waals surface area contributed by atoms with Crippen LogP contribution in [0.2, 0.25) is 0 Å². The van der Waals surface area contributed by atoms with Crippen molar-refractivity contribution in [1.82, 2.24) is 0 Å². The van der Waals surface area contributed by atoms with Gasteiger partial charge in [0.15, 0.2) is 5.78 Å². The summed E-state index contributed by atoms with van der Waals surface area (Å²) in [7, 11) is 0. The fourth-order valence-electron chi connectivity index (χ4n) is 0.825. The van der Waals surface area contributed by atoms with Gasteiger partial charge >= 0.3 is 0 Å². The van der Waals surface area contributed by atoms with Gasteiger partial charge in [0.25, 0.3) is 0 Å². The Morgan fingerprint density at radius 1 is 1.31 bits per heavy atom. The molecule has 0 aliphatic carbocycles. The lowest BCUT2D eigenvalue weighted by molar-refractivity contribution is -0.112. The Labute approximate surface area is 82.9 Å². The van der Waals surface area contributed by atoms with Gasteiger partial charge in [-0.2, -0.15) is 0 Å². The Hall–Kier alpha value is -1.02. The van der Waals surface area contributed by atoms with Crippen molar-refractivity contribution in [3.8, 4) is 0 Å². The minimum Gasteiger partial charge on any atom is -0.295 e. The molecule has 0 bridgehead atoms. The lowest BCUT2D eigenvalue weighted by atomic mass is 10.2. The van der Waals surface area contributed by atoms with E-state index in [2.05, 4.69) is 19.1 Å². The van der Waals surface area contributed by atoms with Crippen LogP contribution in [-0.4, -0.2) is 5.78 Å². The number of aryl methyl sites for hydroxylation is 1. The summed E-state index contributed by atoms with van der Waals surface area (Å²) < 4.78 is 0. The van der Waals surface area contributed by atoms with E-state index in [1.54, 1.807) is 24.8 Å². The van der Waals surface area contributed by atoms with Crippen LogP contribution in [0.1, 0.15) is 12.5 Å². The van der Waals surface area contributed by atoms with E-state index in [1.165, 1.54) is 5.56 Å². The van der Waals surface area contributed by atoms with Crippen LogP contribution in [0.3, 0.4) is 0 Å². The zero-order valence-electron chi connectivity index (χ0n) is 7.78. The maximum absolute atomic E-state index is 10.6. The van der Waals surface area contributed by atoms with E-state index in [1.807, 2.05) is 17.5 Å². The topological polar surface area (TPSA) is 17.1 Å². The van der Waals surface area contributed by atoms with Crippen molar-refractivity contribution in [2.45, 2.75) is 18.7 Å². The van der Waals surface area contributed by atoms with E-state index in [0.29, 0.717) is 0 Å². The van der Waals surface area contributed by atoms with Crippen LogP contribution in [0.4, 0.5) is 0 Å². The first-order valence-corrected chi connectivity index (χ1v) is 4.97. The minimum atomic E-state index is 0.0830. The first-order chi connectivity index (χ1) is 6.18. The molecule has 0 aliphatic heterocycles. The first-order valence-electron chi connectivity index (χ1n) is 4.09. The number of hydrogen-bond donors (Lipinski definition) is 0.